The van der Waals surface area contributed by atoms with Gasteiger partial charge in [-0.15, -0.1) is 12.4 Å². The van der Waals surface area contributed by atoms with Gasteiger partial charge < -0.3 is 30.2 Å². The highest BCUT2D eigenvalue weighted by Crippen LogP contribution is 2.43. The number of anilines is 1. The number of hydrogen-bond donors (Lipinski definition) is 2. The van der Waals surface area contributed by atoms with Crippen LogP contribution < -0.4 is 20.5 Å². The number of halogens is 2. The number of piperidine rings is 1. The van der Waals surface area contributed by atoms with Gasteiger partial charge in [-0.3, -0.25) is 4.79 Å². The lowest BCUT2D eigenvalue weighted by molar-refractivity contribution is 0.0921. The summed E-state index contributed by atoms with van der Waals surface area (Å²) in [5, 5.41) is 3.35. The maximum Gasteiger partial charge on any atom is 0.255 e. The predicted molar refractivity (Wildman–Crippen MR) is 115 cm³/mol. The van der Waals surface area contributed by atoms with Gasteiger partial charge in [-0.2, -0.15) is 0 Å². The fraction of sp³-hybridized carbons (Fsp3) is 0.650. The quantitative estimate of drug-likeness (QED) is 0.677. The number of benzene rings is 1. The fourth-order valence-electron chi connectivity index (χ4n) is 4.16. The van der Waals surface area contributed by atoms with Crippen molar-refractivity contribution >= 4 is 35.6 Å². The van der Waals surface area contributed by atoms with E-state index in [0.29, 0.717) is 59.4 Å². The molecule has 3 heterocycles. The normalized spacial score (nSPS) is 22.2. The molecule has 0 aliphatic carbocycles. The zero-order valence-electron chi connectivity index (χ0n) is 16.5. The fourth-order valence-corrected chi connectivity index (χ4v) is 4.36. The third-order valence-corrected chi connectivity index (χ3v) is 6.16. The van der Waals surface area contributed by atoms with Crippen LogP contribution in [0.3, 0.4) is 0 Å². The van der Waals surface area contributed by atoms with Crippen molar-refractivity contribution in [3.05, 3.63) is 16.7 Å². The van der Waals surface area contributed by atoms with E-state index < -0.39 is 0 Å². The Morgan fingerprint density at radius 2 is 1.86 bits per heavy atom. The Morgan fingerprint density at radius 3 is 2.55 bits per heavy atom. The molecule has 1 atom stereocenters. The van der Waals surface area contributed by atoms with Crippen molar-refractivity contribution in [1.82, 2.24) is 10.2 Å². The van der Waals surface area contributed by atoms with Gasteiger partial charge in [0.2, 0.25) is 0 Å². The van der Waals surface area contributed by atoms with Crippen molar-refractivity contribution in [2.24, 2.45) is 11.8 Å². The lowest BCUT2D eigenvalue weighted by atomic mass is 9.95. The number of nitrogens with zero attached hydrogens (tertiary/aromatic N) is 1. The van der Waals surface area contributed by atoms with Crippen LogP contribution in [0.5, 0.6) is 11.5 Å². The Balaban J connectivity index is 0.00000240. The third kappa shape index (κ3) is 5.20. The molecule has 2 fully saturated rings. The molecule has 1 aromatic rings. The van der Waals surface area contributed by atoms with Crippen molar-refractivity contribution in [2.45, 2.75) is 19.3 Å². The van der Waals surface area contributed by atoms with E-state index >= 15 is 0 Å². The van der Waals surface area contributed by atoms with E-state index in [1.54, 1.807) is 6.07 Å². The zero-order chi connectivity index (χ0) is 19.5. The molecule has 29 heavy (non-hydrogen) atoms. The molecular weight excluding hydrogens is 417 g/mol. The van der Waals surface area contributed by atoms with Gasteiger partial charge >= 0.3 is 0 Å². The molecule has 1 amide bonds. The predicted octanol–water partition coefficient (Wildman–Crippen LogP) is 2.59. The van der Waals surface area contributed by atoms with Crippen LogP contribution in [0.1, 0.15) is 29.6 Å². The van der Waals surface area contributed by atoms with Crippen LogP contribution in [-0.2, 0) is 4.74 Å². The van der Waals surface area contributed by atoms with E-state index in [1.165, 1.54) is 6.42 Å². The van der Waals surface area contributed by atoms with Gasteiger partial charge in [0.15, 0.2) is 11.5 Å². The molecule has 9 heteroatoms. The van der Waals surface area contributed by atoms with Gasteiger partial charge in [0.25, 0.3) is 5.91 Å². The summed E-state index contributed by atoms with van der Waals surface area (Å²) in [4.78, 5) is 15.3. The van der Waals surface area contributed by atoms with Crippen LogP contribution in [0.2, 0.25) is 5.02 Å². The van der Waals surface area contributed by atoms with Crippen LogP contribution >= 0.6 is 24.0 Å². The largest absolute Gasteiger partial charge is 0.485 e. The van der Waals surface area contributed by atoms with Gasteiger partial charge in [0, 0.05) is 19.7 Å². The summed E-state index contributed by atoms with van der Waals surface area (Å²) >= 11 is 6.17. The van der Waals surface area contributed by atoms with Crippen molar-refractivity contribution < 1.29 is 19.0 Å². The summed E-state index contributed by atoms with van der Waals surface area (Å²) in [6.45, 7) is 6.53. The molecule has 4 rings (SSSR count). The lowest BCUT2D eigenvalue weighted by Crippen LogP contribution is -2.40. The smallest absolute Gasteiger partial charge is 0.255 e. The Morgan fingerprint density at radius 1 is 1.14 bits per heavy atom. The second kappa shape index (κ2) is 10.1. The molecule has 0 aromatic heterocycles. The minimum Gasteiger partial charge on any atom is -0.485 e. The number of ether oxygens (including phenoxy) is 3. The number of carbonyl (C=O) groups is 1. The maximum atomic E-state index is 12.7. The van der Waals surface area contributed by atoms with Crippen LogP contribution in [0.25, 0.3) is 0 Å². The van der Waals surface area contributed by atoms with Gasteiger partial charge in [-0.05, 0) is 50.3 Å². The maximum absolute atomic E-state index is 12.7. The van der Waals surface area contributed by atoms with Crippen molar-refractivity contribution in [3.8, 4) is 11.5 Å². The number of hydrogen-bond acceptors (Lipinski definition) is 6. The van der Waals surface area contributed by atoms with E-state index in [-0.39, 0.29) is 18.3 Å². The Hall–Kier alpha value is -1.41. The van der Waals surface area contributed by atoms with Gasteiger partial charge in [0.1, 0.15) is 13.2 Å². The number of nitrogens with one attached hydrogen (secondary N) is 1. The van der Waals surface area contributed by atoms with E-state index in [9.17, 15) is 4.79 Å². The molecule has 2 saturated heterocycles. The van der Waals surface area contributed by atoms with Crippen LogP contribution in [-0.4, -0.2) is 63.4 Å². The Labute approximate surface area is 182 Å². The number of nitrogens with two attached hydrogens (primary N) is 1. The van der Waals surface area contributed by atoms with E-state index in [0.717, 1.165) is 45.7 Å². The molecule has 1 aromatic carbocycles. The molecule has 0 spiro atoms. The van der Waals surface area contributed by atoms with Gasteiger partial charge in [0.05, 0.1) is 22.9 Å². The standard InChI is InChI=1S/C20H28ClN3O4.ClH/c21-16-9-15(18-19(17(16)22)28-8-7-27-18)20(25)23-10-13-1-4-24(5-2-13)11-14-3-6-26-12-14;/h9,13-14H,1-8,10-12,22H2,(H,23,25);1H. The highest BCUT2D eigenvalue weighted by atomic mass is 35.5. The first-order chi connectivity index (χ1) is 13.6. The molecule has 3 N–H and O–H groups in total. The highest BCUT2D eigenvalue weighted by molar-refractivity contribution is 6.34. The first-order valence-corrected chi connectivity index (χ1v) is 10.5. The second-order valence-corrected chi connectivity index (χ2v) is 8.27. The number of fused-ring (bicyclic) bond motifs is 1. The molecule has 0 bridgehead atoms. The third-order valence-electron chi connectivity index (χ3n) is 5.84. The molecule has 1 unspecified atom stereocenters. The van der Waals surface area contributed by atoms with E-state index in [4.69, 9.17) is 31.5 Å². The topological polar surface area (TPSA) is 86.1 Å². The average molecular weight is 446 g/mol. The van der Waals surface area contributed by atoms with Crippen LogP contribution in [0.4, 0.5) is 5.69 Å². The van der Waals surface area contributed by atoms with Gasteiger partial charge in [-0.1, -0.05) is 11.6 Å². The summed E-state index contributed by atoms with van der Waals surface area (Å²) in [6, 6.07) is 1.56. The Bertz CT molecular complexity index is 720. The number of amides is 1. The second-order valence-electron chi connectivity index (χ2n) is 7.86. The summed E-state index contributed by atoms with van der Waals surface area (Å²) in [6.07, 6.45) is 3.36. The van der Waals surface area contributed by atoms with E-state index in [1.807, 2.05) is 0 Å². The van der Waals surface area contributed by atoms with Crippen LogP contribution in [0, 0.1) is 11.8 Å². The first kappa shape index (κ1) is 22.3. The molecule has 0 saturated carbocycles. The van der Waals surface area contributed by atoms with Crippen LogP contribution in [0.15, 0.2) is 6.07 Å². The molecule has 3 aliphatic rings. The summed E-state index contributed by atoms with van der Waals surface area (Å²) in [5.74, 6) is 1.72. The van der Waals surface area contributed by atoms with Crippen molar-refractivity contribution in [2.75, 3.05) is 58.3 Å². The number of rotatable bonds is 5. The summed E-state index contributed by atoms with van der Waals surface area (Å²) in [5.41, 5.74) is 6.65. The van der Waals surface area contributed by atoms with E-state index in [2.05, 4.69) is 10.2 Å². The molecule has 3 aliphatic heterocycles. The SMILES string of the molecule is Cl.Nc1c(Cl)cc(C(=O)NCC2CCN(CC3CCOC3)CC2)c2c1OCCO2. The molecule has 0 radical (unpaired) electrons. The minimum atomic E-state index is -0.200. The molecule has 7 nitrogen and oxygen atoms in total. The Kier molecular flexibility index (Phi) is 7.73. The number of likely N-dealkylation sites (tertiary alicyclic amines) is 1. The molecule has 162 valence electrons. The highest BCUT2D eigenvalue weighted by Gasteiger charge is 2.27. The van der Waals surface area contributed by atoms with Crippen molar-refractivity contribution in [3.63, 3.8) is 0 Å². The monoisotopic (exact) mass is 445 g/mol. The average Bonchev–Trinajstić information content (AvgIpc) is 3.23. The first-order valence-electron chi connectivity index (χ1n) is 10.1. The number of nitrogen functional groups attached to an aromatic ring is 1. The molecular formula is C20H29Cl2N3O4. The summed E-state index contributed by atoms with van der Waals surface area (Å²) in [7, 11) is 0. The zero-order valence-corrected chi connectivity index (χ0v) is 18.0. The van der Waals surface area contributed by atoms with Gasteiger partial charge in [-0.25, -0.2) is 0 Å². The summed E-state index contributed by atoms with van der Waals surface area (Å²) < 4.78 is 16.7. The lowest BCUT2D eigenvalue weighted by Gasteiger charge is -2.33. The van der Waals surface area contributed by atoms with Crippen molar-refractivity contribution in [1.29, 1.82) is 0 Å². The minimum absolute atomic E-state index is 0. The number of carbonyl (C=O) groups excluding carboxylic acids is 1.